The van der Waals surface area contributed by atoms with Crippen molar-refractivity contribution < 1.29 is 9.32 Å². The second kappa shape index (κ2) is 5.97. The Bertz CT molecular complexity index is 578. The zero-order valence-electron chi connectivity index (χ0n) is 10.9. The third-order valence-electron chi connectivity index (χ3n) is 2.57. The van der Waals surface area contributed by atoms with Crippen LogP contribution in [0.2, 0.25) is 5.02 Å². The van der Waals surface area contributed by atoms with E-state index < -0.39 is 0 Å². The van der Waals surface area contributed by atoms with Crippen LogP contribution in [0, 0.1) is 5.92 Å². The van der Waals surface area contributed by atoms with Crippen LogP contribution in [0.15, 0.2) is 28.8 Å². The quantitative estimate of drug-likeness (QED) is 0.839. The van der Waals surface area contributed by atoms with Crippen LogP contribution in [0.25, 0.3) is 11.4 Å². The molecule has 19 heavy (non-hydrogen) atoms. The van der Waals surface area contributed by atoms with Crippen molar-refractivity contribution in [3.05, 3.63) is 35.2 Å². The average molecular weight is 279 g/mol. The number of Topliss-reactive ketones (excluding diaryl/α,β-unsaturated/α-hetero) is 1. The minimum absolute atomic E-state index is 0.101. The van der Waals surface area contributed by atoms with Crippen molar-refractivity contribution >= 4 is 17.4 Å². The largest absolute Gasteiger partial charge is 0.338 e. The summed E-state index contributed by atoms with van der Waals surface area (Å²) in [7, 11) is 0. The van der Waals surface area contributed by atoms with E-state index in [0.29, 0.717) is 34.6 Å². The number of benzene rings is 1. The first kappa shape index (κ1) is 13.7. The summed E-state index contributed by atoms with van der Waals surface area (Å²) in [6.45, 7) is 4.00. The third kappa shape index (κ3) is 3.64. The molecule has 0 unspecified atom stereocenters. The molecular formula is C14H15ClN2O2. The lowest BCUT2D eigenvalue weighted by atomic mass is 10.1. The maximum atomic E-state index is 11.7. The van der Waals surface area contributed by atoms with Gasteiger partial charge in [-0.25, -0.2) is 0 Å². The van der Waals surface area contributed by atoms with Crippen LogP contribution in [-0.2, 0) is 11.2 Å². The molecule has 0 bridgehead atoms. The summed E-state index contributed by atoms with van der Waals surface area (Å²) < 4.78 is 5.09. The van der Waals surface area contributed by atoms with E-state index >= 15 is 0 Å². The SMILES string of the molecule is CC(C)CC(=O)Cc1nc(-c2ccccc2Cl)no1. The lowest BCUT2D eigenvalue weighted by molar-refractivity contribution is -0.119. The van der Waals surface area contributed by atoms with E-state index in [2.05, 4.69) is 10.1 Å². The molecule has 0 aliphatic rings. The number of halogens is 1. The summed E-state index contributed by atoms with van der Waals surface area (Å²) >= 11 is 6.05. The van der Waals surface area contributed by atoms with Gasteiger partial charge in [-0.05, 0) is 18.1 Å². The number of carbonyl (C=O) groups is 1. The minimum Gasteiger partial charge on any atom is -0.338 e. The second-order valence-corrected chi connectivity index (χ2v) is 5.21. The number of aromatic nitrogens is 2. The maximum absolute atomic E-state index is 11.7. The first-order chi connectivity index (χ1) is 9.06. The number of rotatable bonds is 5. The monoisotopic (exact) mass is 278 g/mol. The number of hydrogen-bond acceptors (Lipinski definition) is 4. The molecular weight excluding hydrogens is 264 g/mol. The van der Waals surface area contributed by atoms with Gasteiger partial charge >= 0.3 is 0 Å². The predicted octanol–water partition coefficient (Wildman–Crippen LogP) is 3.55. The first-order valence-electron chi connectivity index (χ1n) is 6.15. The second-order valence-electron chi connectivity index (χ2n) is 4.80. The highest BCUT2D eigenvalue weighted by Crippen LogP contribution is 2.24. The van der Waals surface area contributed by atoms with Crippen LogP contribution in [0.1, 0.15) is 26.2 Å². The molecule has 0 N–H and O–H groups in total. The highest BCUT2D eigenvalue weighted by atomic mass is 35.5. The van der Waals surface area contributed by atoms with Crippen molar-refractivity contribution in [2.24, 2.45) is 5.92 Å². The molecule has 2 rings (SSSR count). The van der Waals surface area contributed by atoms with E-state index in [0.717, 1.165) is 0 Å². The van der Waals surface area contributed by atoms with Crippen LogP contribution in [0.5, 0.6) is 0 Å². The summed E-state index contributed by atoms with van der Waals surface area (Å²) in [5.41, 5.74) is 0.704. The Kier molecular flexibility index (Phi) is 4.32. The van der Waals surface area contributed by atoms with Gasteiger partial charge in [0.2, 0.25) is 11.7 Å². The van der Waals surface area contributed by atoms with Gasteiger partial charge in [-0.15, -0.1) is 0 Å². The molecule has 0 aliphatic carbocycles. The van der Waals surface area contributed by atoms with Gasteiger partial charge in [0.05, 0.1) is 11.4 Å². The van der Waals surface area contributed by atoms with Gasteiger partial charge in [-0.1, -0.05) is 42.7 Å². The fourth-order valence-electron chi connectivity index (χ4n) is 1.77. The minimum atomic E-state index is 0.101. The zero-order chi connectivity index (χ0) is 13.8. The van der Waals surface area contributed by atoms with E-state index in [1.807, 2.05) is 32.0 Å². The van der Waals surface area contributed by atoms with Crippen LogP contribution in [-0.4, -0.2) is 15.9 Å². The highest BCUT2D eigenvalue weighted by Gasteiger charge is 2.14. The molecule has 0 radical (unpaired) electrons. The molecule has 1 aromatic carbocycles. The average Bonchev–Trinajstić information content (AvgIpc) is 2.76. The Labute approximate surface area is 116 Å². The van der Waals surface area contributed by atoms with Crippen molar-refractivity contribution in [2.45, 2.75) is 26.7 Å². The van der Waals surface area contributed by atoms with Crippen molar-refractivity contribution in [3.63, 3.8) is 0 Å². The summed E-state index contributed by atoms with van der Waals surface area (Å²) in [5, 5.41) is 4.42. The molecule has 2 aromatic rings. The van der Waals surface area contributed by atoms with Gasteiger partial charge in [-0.3, -0.25) is 4.79 Å². The number of nitrogens with zero attached hydrogens (tertiary/aromatic N) is 2. The molecule has 0 saturated carbocycles. The summed E-state index contributed by atoms with van der Waals surface area (Å²) in [5.74, 6) is 1.18. The van der Waals surface area contributed by atoms with Crippen molar-refractivity contribution in [1.82, 2.24) is 10.1 Å². The standard InChI is InChI=1S/C14H15ClN2O2/c1-9(2)7-10(18)8-13-16-14(17-19-13)11-5-3-4-6-12(11)15/h3-6,9H,7-8H2,1-2H3. The molecule has 0 amide bonds. The Morgan fingerprint density at radius 1 is 1.37 bits per heavy atom. The Balaban J connectivity index is 2.12. The van der Waals surface area contributed by atoms with Crippen molar-refractivity contribution in [1.29, 1.82) is 0 Å². The Morgan fingerprint density at radius 2 is 2.11 bits per heavy atom. The molecule has 1 aromatic heterocycles. The molecule has 0 spiro atoms. The predicted molar refractivity (Wildman–Crippen MR) is 72.9 cm³/mol. The van der Waals surface area contributed by atoms with Gasteiger partial charge in [0, 0.05) is 12.0 Å². The van der Waals surface area contributed by atoms with E-state index in [9.17, 15) is 4.79 Å². The zero-order valence-corrected chi connectivity index (χ0v) is 11.6. The molecule has 5 heteroatoms. The van der Waals surface area contributed by atoms with E-state index in [1.54, 1.807) is 6.07 Å². The normalized spacial score (nSPS) is 10.9. The van der Waals surface area contributed by atoms with Crippen molar-refractivity contribution in [3.8, 4) is 11.4 Å². The molecule has 0 saturated heterocycles. The Hall–Kier alpha value is -1.68. The van der Waals surface area contributed by atoms with Crippen molar-refractivity contribution in [2.75, 3.05) is 0 Å². The first-order valence-corrected chi connectivity index (χ1v) is 6.53. The fraction of sp³-hybridized carbons (Fsp3) is 0.357. The van der Waals surface area contributed by atoms with Gasteiger partial charge in [-0.2, -0.15) is 4.98 Å². The molecule has 100 valence electrons. The number of carbonyl (C=O) groups excluding carboxylic acids is 1. The van der Waals surface area contributed by atoms with E-state index in [1.165, 1.54) is 0 Å². The third-order valence-corrected chi connectivity index (χ3v) is 2.90. The topological polar surface area (TPSA) is 56.0 Å². The fourth-order valence-corrected chi connectivity index (χ4v) is 2.00. The van der Waals surface area contributed by atoms with Gasteiger partial charge in [0.1, 0.15) is 5.78 Å². The molecule has 0 atom stereocenters. The summed E-state index contributed by atoms with van der Waals surface area (Å²) in [6.07, 6.45) is 0.694. The van der Waals surface area contributed by atoms with Crippen LogP contribution in [0.3, 0.4) is 0 Å². The smallest absolute Gasteiger partial charge is 0.234 e. The highest BCUT2D eigenvalue weighted by molar-refractivity contribution is 6.33. The van der Waals surface area contributed by atoms with Crippen LogP contribution in [0.4, 0.5) is 0 Å². The number of ketones is 1. The van der Waals surface area contributed by atoms with Gasteiger partial charge in [0.25, 0.3) is 0 Å². The van der Waals surface area contributed by atoms with Crippen LogP contribution < -0.4 is 0 Å². The van der Waals surface area contributed by atoms with E-state index in [-0.39, 0.29) is 12.2 Å². The molecule has 0 aliphatic heterocycles. The summed E-state index contributed by atoms with van der Waals surface area (Å²) in [4.78, 5) is 15.9. The summed E-state index contributed by atoms with van der Waals surface area (Å²) in [6, 6.07) is 7.25. The van der Waals surface area contributed by atoms with Gasteiger partial charge < -0.3 is 4.52 Å². The molecule has 4 nitrogen and oxygen atoms in total. The maximum Gasteiger partial charge on any atom is 0.234 e. The van der Waals surface area contributed by atoms with E-state index in [4.69, 9.17) is 16.1 Å². The lowest BCUT2D eigenvalue weighted by Gasteiger charge is -2.00. The molecule has 0 fully saturated rings. The molecule has 1 heterocycles. The number of hydrogen-bond donors (Lipinski definition) is 0. The lowest BCUT2D eigenvalue weighted by Crippen LogP contribution is -2.06. The Morgan fingerprint density at radius 3 is 2.79 bits per heavy atom. The van der Waals surface area contributed by atoms with Gasteiger partial charge in [0.15, 0.2) is 0 Å². The van der Waals surface area contributed by atoms with Crippen LogP contribution >= 0.6 is 11.6 Å².